The van der Waals surface area contributed by atoms with Gasteiger partial charge in [-0.15, -0.1) is 5.10 Å². The molecule has 46 heavy (non-hydrogen) atoms. The fourth-order valence-corrected chi connectivity index (χ4v) is 15.8. The van der Waals surface area contributed by atoms with Gasteiger partial charge in [0.2, 0.25) is 0 Å². The van der Waals surface area contributed by atoms with Crippen LogP contribution in [0.15, 0.2) is 187 Å². The molecule has 0 amide bonds. The second-order valence-electron chi connectivity index (χ2n) is 11.9. The summed E-state index contributed by atoms with van der Waals surface area (Å²) in [5.41, 5.74) is 1.31. The summed E-state index contributed by atoms with van der Waals surface area (Å²) >= 11 is 0. The first-order valence-corrected chi connectivity index (χ1v) is 19.9. The Morgan fingerprint density at radius 1 is 0.478 bits per heavy atom. The van der Waals surface area contributed by atoms with Crippen LogP contribution < -0.4 is 31.8 Å². The summed E-state index contributed by atoms with van der Waals surface area (Å²) in [5.74, 6) is 0. The predicted octanol–water partition coefficient (Wildman–Crippen LogP) is 7.38. The van der Waals surface area contributed by atoms with Crippen molar-refractivity contribution in [1.29, 1.82) is 0 Å². The fraction of sp³-hybridized carbons (Fsp3) is 0.119. The van der Waals surface area contributed by atoms with Gasteiger partial charge >= 0.3 is 0 Å². The molecule has 6 aromatic rings. The molecule has 226 valence electrons. The number of benzene rings is 6. The van der Waals surface area contributed by atoms with Crippen LogP contribution in [0.3, 0.4) is 0 Å². The monoisotopic (exact) mass is 634 g/mol. The van der Waals surface area contributed by atoms with Crippen LogP contribution in [0, 0.1) is 0 Å². The van der Waals surface area contributed by atoms with Crippen LogP contribution in [0.25, 0.3) is 0 Å². The SMILES string of the molecule is CC1CC([P+](c2ccccc2)(c2ccccc2)c2ccccc2)=NN1CC[P+](c1ccccc1)(c1ccccc1)c1ccccc1. The molecule has 4 heteroatoms. The number of hydrogen-bond donors (Lipinski definition) is 0. The third kappa shape index (κ3) is 5.51. The highest BCUT2D eigenvalue weighted by Gasteiger charge is 2.54. The van der Waals surface area contributed by atoms with Gasteiger partial charge in [0.05, 0.1) is 18.7 Å². The number of hydrazone groups is 1. The zero-order chi connectivity index (χ0) is 31.2. The van der Waals surface area contributed by atoms with E-state index in [1.165, 1.54) is 37.3 Å². The lowest BCUT2D eigenvalue weighted by molar-refractivity contribution is 0.261. The molecular formula is C42H40N2P2+2. The molecular weight excluding hydrogens is 594 g/mol. The first-order valence-electron chi connectivity index (χ1n) is 16.2. The van der Waals surface area contributed by atoms with E-state index in [0.717, 1.165) is 19.1 Å². The molecule has 1 aliphatic heterocycles. The molecule has 0 saturated heterocycles. The van der Waals surface area contributed by atoms with Gasteiger partial charge in [0, 0.05) is 6.42 Å². The maximum absolute atomic E-state index is 5.67. The van der Waals surface area contributed by atoms with E-state index in [-0.39, 0.29) is 0 Å². The Hall–Kier alpha value is -4.35. The molecule has 0 aromatic heterocycles. The van der Waals surface area contributed by atoms with E-state index < -0.39 is 14.5 Å². The Labute approximate surface area is 275 Å². The van der Waals surface area contributed by atoms with Gasteiger partial charge in [0.1, 0.15) is 39.1 Å². The number of nitrogens with zero attached hydrogens (tertiary/aromatic N) is 2. The van der Waals surface area contributed by atoms with E-state index in [4.69, 9.17) is 5.10 Å². The quantitative estimate of drug-likeness (QED) is 0.144. The van der Waals surface area contributed by atoms with Crippen molar-refractivity contribution in [3.8, 4) is 0 Å². The van der Waals surface area contributed by atoms with E-state index in [2.05, 4.69) is 194 Å². The van der Waals surface area contributed by atoms with Crippen LogP contribution in [0.1, 0.15) is 13.3 Å². The Balaban J connectivity index is 1.36. The zero-order valence-electron chi connectivity index (χ0n) is 26.3. The highest BCUT2D eigenvalue weighted by Crippen LogP contribution is 2.60. The molecule has 0 fully saturated rings. The van der Waals surface area contributed by atoms with Crippen molar-refractivity contribution in [2.45, 2.75) is 19.4 Å². The molecule has 7 rings (SSSR count). The summed E-state index contributed by atoms with van der Waals surface area (Å²) < 4.78 is 0. The molecule has 1 aliphatic rings. The first-order chi connectivity index (χ1) is 22.7. The second-order valence-corrected chi connectivity index (χ2v) is 19.0. The molecule has 0 radical (unpaired) electrons. The first kappa shape index (κ1) is 30.3. The smallest absolute Gasteiger partial charge is 0.194 e. The van der Waals surface area contributed by atoms with Crippen molar-refractivity contribution in [2.24, 2.45) is 5.10 Å². The van der Waals surface area contributed by atoms with Crippen molar-refractivity contribution in [2.75, 3.05) is 12.7 Å². The summed E-state index contributed by atoms with van der Waals surface area (Å²) in [4.78, 5) is 0. The van der Waals surface area contributed by atoms with Crippen LogP contribution in [-0.4, -0.2) is 29.2 Å². The molecule has 6 aromatic carbocycles. The number of rotatable bonds is 10. The van der Waals surface area contributed by atoms with E-state index in [9.17, 15) is 0 Å². The zero-order valence-corrected chi connectivity index (χ0v) is 28.1. The van der Waals surface area contributed by atoms with Crippen LogP contribution in [0.4, 0.5) is 0 Å². The summed E-state index contributed by atoms with van der Waals surface area (Å²) in [6.07, 6.45) is 1.96. The highest BCUT2D eigenvalue weighted by atomic mass is 31.2. The van der Waals surface area contributed by atoms with Crippen molar-refractivity contribution in [1.82, 2.24) is 5.01 Å². The minimum absolute atomic E-state index is 0.301. The number of hydrogen-bond acceptors (Lipinski definition) is 2. The van der Waals surface area contributed by atoms with E-state index in [1.54, 1.807) is 0 Å². The molecule has 1 unspecified atom stereocenters. The van der Waals surface area contributed by atoms with E-state index >= 15 is 0 Å². The Bertz CT molecular complexity index is 1670. The lowest BCUT2D eigenvalue weighted by Gasteiger charge is -2.30. The molecule has 2 nitrogen and oxygen atoms in total. The van der Waals surface area contributed by atoms with Gasteiger partial charge in [-0.3, -0.25) is 5.01 Å². The maximum atomic E-state index is 5.67. The van der Waals surface area contributed by atoms with Crippen molar-refractivity contribution >= 4 is 51.8 Å². The predicted molar refractivity (Wildman–Crippen MR) is 203 cm³/mol. The lowest BCUT2D eigenvalue weighted by Crippen LogP contribution is -2.37. The maximum Gasteiger partial charge on any atom is 0.194 e. The normalized spacial score (nSPS) is 15.0. The molecule has 0 saturated carbocycles. The van der Waals surface area contributed by atoms with Crippen molar-refractivity contribution in [3.05, 3.63) is 182 Å². The van der Waals surface area contributed by atoms with Gasteiger partial charge in [-0.25, -0.2) is 0 Å². The van der Waals surface area contributed by atoms with Gasteiger partial charge in [0.15, 0.2) is 12.7 Å². The average molecular weight is 635 g/mol. The third-order valence-corrected chi connectivity index (χ3v) is 18.0. The van der Waals surface area contributed by atoms with Gasteiger partial charge in [0.25, 0.3) is 0 Å². The van der Waals surface area contributed by atoms with Gasteiger partial charge < -0.3 is 0 Å². The molecule has 0 aliphatic carbocycles. The minimum atomic E-state index is -2.20. The Morgan fingerprint density at radius 3 is 1.11 bits per heavy atom. The highest BCUT2D eigenvalue weighted by molar-refractivity contribution is 8.08. The average Bonchev–Trinajstić information content (AvgIpc) is 3.51. The third-order valence-electron chi connectivity index (χ3n) is 9.30. The van der Waals surface area contributed by atoms with E-state index in [0.29, 0.717) is 6.04 Å². The summed E-state index contributed by atoms with van der Waals surface area (Å²) in [5, 5.41) is 16.4. The van der Waals surface area contributed by atoms with Crippen LogP contribution in [0.2, 0.25) is 0 Å². The molecule has 0 spiro atoms. The van der Waals surface area contributed by atoms with Gasteiger partial charge in [-0.2, -0.15) is 0 Å². The van der Waals surface area contributed by atoms with Gasteiger partial charge in [-0.1, -0.05) is 109 Å². The Kier molecular flexibility index (Phi) is 8.94. The van der Waals surface area contributed by atoms with Crippen LogP contribution in [0.5, 0.6) is 0 Å². The minimum Gasteiger partial charge on any atom is -0.287 e. The van der Waals surface area contributed by atoms with Crippen LogP contribution >= 0.6 is 14.5 Å². The van der Waals surface area contributed by atoms with Crippen molar-refractivity contribution < 1.29 is 0 Å². The van der Waals surface area contributed by atoms with Gasteiger partial charge in [-0.05, 0) is 79.7 Å². The lowest BCUT2D eigenvalue weighted by atomic mass is 10.2. The Morgan fingerprint density at radius 2 is 0.783 bits per heavy atom. The second kappa shape index (κ2) is 13.6. The van der Waals surface area contributed by atoms with Crippen LogP contribution in [-0.2, 0) is 0 Å². The largest absolute Gasteiger partial charge is 0.287 e. The summed E-state index contributed by atoms with van der Waals surface area (Å²) in [7, 11) is -4.17. The van der Waals surface area contributed by atoms with Crippen molar-refractivity contribution in [3.63, 3.8) is 0 Å². The summed E-state index contributed by atoms with van der Waals surface area (Å²) in [6.45, 7) is 3.25. The molecule has 0 bridgehead atoms. The fourth-order valence-electron chi connectivity index (χ4n) is 7.12. The molecule has 0 N–H and O–H groups in total. The molecule has 1 heterocycles. The topological polar surface area (TPSA) is 15.6 Å². The van der Waals surface area contributed by atoms with E-state index in [1.807, 2.05) is 0 Å². The standard InChI is InChI=1S/C42H40N2P2/c1-35-34-42(46(39-26-14-5-15-27-39,40-28-16-6-17-29-40)41-30-18-7-19-31-41)43-44(35)32-33-45(36-20-8-2-9-21-36,37-22-10-3-11-23-37)38-24-12-4-13-25-38/h2-31,35H,32-34H2,1H3/q+2. The molecule has 1 atom stereocenters. The summed E-state index contributed by atoms with van der Waals surface area (Å²) in [6, 6.07) is 67.3.